The highest BCUT2D eigenvalue weighted by molar-refractivity contribution is 6.00. The number of carbonyl (C=O) groups excluding carboxylic acids is 1. The average molecular weight is 283 g/mol. The Balaban J connectivity index is 1.66. The molecule has 0 spiro atoms. The highest BCUT2D eigenvalue weighted by Crippen LogP contribution is 2.19. The van der Waals surface area contributed by atoms with Gasteiger partial charge < -0.3 is 5.11 Å². The molecule has 1 saturated heterocycles. The molecule has 1 heterocycles. The number of carbonyl (C=O) groups is 1. The molecule has 0 amide bonds. The number of rotatable bonds is 5. The van der Waals surface area contributed by atoms with Gasteiger partial charge in [-0.3, -0.25) is 9.69 Å². The molecule has 2 aromatic carbocycles. The Morgan fingerprint density at radius 3 is 2.81 bits per heavy atom. The quantitative estimate of drug-likeness (QED) is 0.858. The van der Waals surface area contributed by atoms with Crippen LogP contribution in [-0.4, -0.2) is 41.5 Å². The van der Waals surface area contributed by atoms with Crippen LogP contribution in [0.25, 0.3) is 10.8 Å². The third kappa shape index (κ3) is 3.14. The molecule has 1 aliphatic rings. The summed E-state index contributed by atoms with van der Waals surface area (Å²) in [4.78, 5) is 14.6. The number of benzene rings is 2. The minimum Gasteiger partial charge on any atom is -0.395 e. The first-order valence-corrected chi connectivity index (χ1v) is 7.65. The van der Waals surface area contributed by atoms with Gasteiger partial charge in [-0.05, 0) is 36.2 Å². The van der Waals surface area contributed by atoms with Crippen LogP contribution in [-0.2, 0) is 0 Å². The number of likely N-dealkylation sites (tertiary alicyclic amines) is 1. The van der Waals surface area contributed by atoms with Gasteiger partial charge in [0.25, 0.3) is 0 Å². The van der Waals surface area contributed by atoms with Crippen LogP contribution in [0.2, 0.25) is 0 Å². The van der Waals surface area contributed by atoms with Gasteiger partial charge in [-0.25, -0.2) is 0 Å². The van der Waals surface area contributed by atoms with Crippen molar-refractivity contribution < 1.29 is 9.90 Å². The monoisotopic (exact) mass is 283 g/mol. The maximum atomic E-state index is 12.4. The lowest BCUT2D eigenvalue weighted by atomic mass is 10.0. The Bertz CT molecular complexity index is 638. The number of hydrogen-bond donors (Lipinski definition) is 1. The van der Waals surface area contributed by atoms with Crippen molar-refractivity contribution in [1.29, 1.82) is 0 Å². The van der Waals surface area contributed by atoms with Gasteiger partial charge in [0.05, 0.1) is 6.61 Å². The summed E-state index contributed by atoms with van der Waals surface area (Å²) in [7, 11) is 0. The lowest BCUT2D eigenvalue weighted by molar-refractivity contribution is 0.0946. The topological polar surface area (TPSA) is 40.5 Å². The Kier molecular flexibility index (Phi) is 4.32. The largest absolute Gasteiger partial charge is 0.395 e. The first-order valence-electron chi connectivity index (χ1n) is 7.65. The van der Waals surface area contributed by atoms with E-state index in [1.807, 2.05) is 36.4 Å². The van der Waals surface area contributed by atoms with Crippen LogP contribution >= 0.6 is 0 Å². The first-order chi connectivity index (χ1) is 10.3. The lowest BCUT2D eigenvalue weighted by Crippen LogP contribution is -2.33. The van der Waals surface area contributed by atoms with Crippen molar-refractivity contribution in [1.82, 2.24) is 4.90 Å². The normalized spacial score (nSPS) is 19.2. The average Bonchev–Trinajstić information content (AvgIpc) is 2.99. The minimum absolute atomic E-state index is 0.185. The molecule has 0 radical (unpaired) electrons. The standard InChI is InChI=1S/C18H21NO2/c20-13-17-6-3-10-19(17)11-9-18(21)16-8-7-14-4-1-2-5-15(14)12-16/h1-2,4-5,7-8,12,17,20H,3,6,9-11,13H2/t17-/m0/s1. The van der Waals surface area contributed by atoms with E-state index in [2.05, 4.69) is 11.0 Å². The predicted octanol–water partition coefficient (Wildman–Crippen LogP) is 2.87. The third-order valence-corrected chi connectivity index (χ3v) is 4.41. The highest BCUT2D eigenvalue weighted by Gasteiger charge is 2.23. The molecule has 2 aromatic rings. The van der Waals surface area contributed by atoms with Crippen LogP contribution in [0, 0.1) is 0 Å². The fraction of sp³-hybridized carbons (Fsp3) is 0.389. The molecule has 0 unspecified atom stereocenters. The summed E-state index contributed by atoms with van der Waals surface area (Å²) in [6, 6.07) is 14.2. The van der Waals surface area contributed by atoms with E-state index < -0.39 is 0 Å². The smallest absolute Gasteiger partial charge is 0.164 e. The Morgan fingerprint density at radius 2 is 2.00 bits per heavy atom. The molecule has 1 N–H and O–H groups in total. The molecule has 3 nitrogen and oxygen atoms in total. The van der Waals surface area contributed by atoms with Crippen molar-refractivity contribution in [3.8, 4) is 0 Å². The number of hydrogen-bond acceptors (Lipinski definition) is 3. The van der Waals surface area contributed by atoms with Crippen molar-refractivity contribution in [3.63, 3.8) is 0 Å². The molecule has 0 aromatic heterocycles. The number of Topliss-reactive ketones (excluding diaryl/α,β-unsaturated/α-hetero) is 1. The van der Waals surface area contributed by atoms with Gasteiger partial charge in [0.1, 0.15) is 0 Å². The van der Waals surface area contributed by atoms with E-state index in [1.165, 1.54) is 0 Å². The summed E-state index contributed by atoms with van der Waals surface area (Å²) < 4.78 is 0. The van der Waals surface area contributed by atoms with Crippen LogP contribution in [0.15, 0.2) is 42.5 Å². The molecular formula is C18H21NO2. The summed E-state index contributed by atoms with van der Waals surface area (Å²) in [6.07, 6.45) is 2.69. The summed E-state index contributed by atoms with van der Waals surface area (Å²) in [6.45, 7) is 1.94. The van der Waals surface area contributed by atoms with Crippen molar-refractivity contribution in [2.45, 2.75) is 25.3 Å². The molecule has 0 aliphatic carbocycles. The first kappa shape index (κ1) is 14.2. The van der Waals surface area contributed by atoms with Gasteiger partial charge in [0.15, 0.2) is 5.78 Å². The Hall–Kier alpha value is -1.71. The maximum absolute atomic E-state index is 12.4. The third-order valence-electron chi connectivity index (χ3n) is 4.41. The summed E-state index contributed by atoms with van der Waals surface area (Å²) >= 11 is 0. The fourth-order valence-electron chi connectivity index (χ4n) is 3.15. The molecule has 1 aliphatic heterocycles. The van der Waals surface area contributed by atoms with Crippen molar-refractivity contribution in [3.05, 3.63) is 48.0 Å². The minimum atomic E-state index is 0.185. The molecule has 0 saturated carbocycles. The molecule has 3 heteroatoms. The van der Waals surface area contributed by atoms with Gasteiger partial charge in [-0.15, -0.1) is 0 Å². The van der Waals surface area contributed by atoms with E-state index in [0.717, 1.165) is 42.3 Å². The molecule has 3 rings (SSSR count). The van der Waals surface area contributed by atoms with E-state index in [4.69, 9.17) is 0 Å². The van der Waals surface area contributed by atoms with Gasteiger partial charge in [-0.1, -0.05) is 36.4 Å². The summed E-state index contributed by atoms with van der Waals surface area (Å²) in [5.41, 5.74) is 0.786. The number of nitrogens with zero attached hydrogens (tertiary/aromatic N) is 1. The van der Waals surface area contributed by atoms with Gasteiger partial charge in [-0.2, -0.15) is 0 Å². The van der Waals surface area contributed by atoms with E-state index in [9.17, 15) is 9.90 Å². The van der Waals surface area contributed by atoms with E-state index in [0.29, 0.717) is 6.42 Å². The molecule has 0 bridgehead atoms. The highest BCUT2D eigenvalue weighted by atomic mass is 16.3. The molecule has 21 heavy (non-hydrogen) atoms. The zero-order chi connectivity index (χ0) is 14.7. The number of fused-ring (bicyclic) bond motifs is 1. The van der Waals surface area contributed by atoms with Crippen LogP contribution < -0.4 is 0 Å². The molecular weight excluding hydrogens is 262 g/mol. The molecule has 1 fully saturated rings. The van der Waals surface area contributed by atoms with Crippen LogP contribution in [0.3, 0.4) is 0 Å². The maximum Gasteiger partial charge on any atom is 0.164 e. The molecule has 1 atom stereocenters. The second kappa shape index (κ2) is 6.37. The zero-order valence-corrected chi connectivity index (χ0v) is 12.2. The second-order valence-electron chi connectivity index (χ2n) is 5.75. The summed E-state index contributed by atoms with van der Waals surface area (Å²) in [5.74, 6) is 0.185. The van der Waals surface area contributed by atoms with E-state index >= 15 is 0 Å². The lowest BCUT2D eigenvalue weighted by Gasteiger charge is -2.22. The number of aliphatic hydroxyl groups excluding tert-OH is 1. The number of aliphatic hydroxyl groups is 1. The predicted molar refractivity (Wildman–Crippen MR) is 84.6 cm³/mol. The van der Waals surface area contributed by atoms with Crippen LogP contribution in [0.4, 0.5) is 0 Å². The van der Waals surface area contributed by atoms with Gasteiger partial charge >= 0.3 is 0 Å². The van der Waals surface area contributed by atoms with E-state index in [-0.39, 0.29) is 18.4 Å². The Labute approximate surface area is 125 Å². The second-order valence-corrected chi connectivity index (χ2v) is 5.75. The van der Waals surface area contributed by atoms with Crippen molar-refractivity contribution >= 4 is 16.6 Å². The SMILES string of the molecule is O=C(CCN1CCC[C@H]1CO)c1ccc2ccccc2c1. The summed E-state index contributed by atoms with van der Waals surface area (Å²) in [5, 5.41) is 11.6. The van der Waals surface area contributed by atoms with Crippen molar-refractivity contribution in [2.75, 3.05) is 19.7 Å². The van der Waals surface area contributed by atoms with Gasteiger partial charge in [0.2, 0.25) is 0 Å². The Morgan fingerprint density at radius 1 is 1.19 bits per heavy atom. The van der Waals surface area contributed by atoms with Crippen LogP contribution in [0.1, 0.15) is 29.6 Å². The van der Waals surface area contributed by atoms with Crippen molar-refractivity contribution in [2.24, 2.45) is 0 Å². The number of ketones is 1. The van der Waals surface area contributed by atoms with Gasteiger partial charge in [0, 0.05) is 24.6 Å². The zero-order valence-electron chi connectivity index (χ0n) is 12.2. The molecule has 110 valence electrons. The van der Waals surface area contributed by atoms with E-state index in [1.54, 1.807) is 0 Å². The fourth-order valence-corrected chi connectivity index (χ4v) is 3.15. The van der Waals surface area contributed by atoms with Crippen LogP contribution in [0.5, 0.6) is 0 Å².